The highest BCUT2D eigenvalue weighted by molar-refractivity contribution is 5.98. The number of hydrogen-bond donors (Lipinski definition) is 2. The number of fused-ring (bicyclic) bond motifs is 1. The van der Waals surface area contributed by atoms with Gasteiger partial charge in [0.2, 0.25) is 0 Å². The molecule has 1 aliphatic rings. The maximum absolute atomic E-state index is 13.3. The minimum absolute atomic E-state index is 0.0538. The fourth-order valence-electron chi connectivity index (χ4n) is 3.62. The van der Waals surface area contributed by atoms with Gasteiger partial charge in [0.15, 0.2) is 0 Å². The molecule has 3 rings (SSSR count). The van der Waals surface area contributed by atoms with E-state index in [1.54, 1.807) is 0 Å². The van der Waals surface area contributed by atoms with E-state index in [2.05, 4.69) is 27.0 Å². The van der Waals surface area contributed by atoms with Crippen LogP contribution in [0.1, 0.15) is 35.4 Å². The molecule has 2 aromatic rings. The van der Waals surface area contributed by atoms with Crippen LogP contribution in [0.3, 0.4) is 0 Å². The maximum Gasteiger partial charge on any atom is 0.408 e. The van der Waals surface area contributed by atoms with Crippen molar-refractivity contribution in [3.8, 4) is 0 Å². The summed E-state index contributed by atoms with van der Waals surface area (Å²) in [4.78, 5) is 22.2. The van der Waals surface area contributed by atoms with E-state index in [0.29, 0.717) is 24.1 Å². The Morgan fingerprint density at radius 1 is 1.37 bits per heavy atom. The second kappa shape index (κ2) is 11.2. The number of amides is 1. The first kappa shape index (κ1) is 26.0. The molecule has 0 radical (unpaired) electrons. The first-order valence-electron chi connectivity index (χ1n) is 10.6. The molecule has 1 atom stereocenters. The molecule has 0 aromatic carbocycles. The zero-order valence-electron chi connectivity index (χ0n) is 18.5. The van der Waals surface area contributed by atoms with Crippen LogP contribution in [0.4, 0.5) is 22.0 Å². The van der Waals surface area contributed by atoms with E-state index >= 15 is 0 Å². The van der Waals surface area contributed by atoms with Crippen molar-refractivity contribution in [2.45, 2.75) is 38.1 Å². The lowest BCUT2D eigenvalue weighted by molar-refractivity contribution is -0.141. The Bertz CT molecular complexity index is 1170. The van der Waals surface area contributed by atoms with Gasteiger partial charge in [-0.2, -0.15) is 18.3 Å². The number of likely N-dealkylation sites (tertiary alicyclic amines) is 1. The standard InChI is InChI=1S/C22H23F5N6O2/c1-14(24)9-28-11-18(29-6-5-23)20-16-10-30-17(8-19(16)33(31-20)13-22(25,26)27)21(35)32-7-3-2-4-15(34)12-32/h5-6,8-11,15,29,34H,1-4,7,12-13H2/b6-5+,18-11-,28-9+. The molecular formula is C22H23F5N6O2. The summed E-state index contributed by atoms with van der Waals surface area (Å²) >= 11 is 0. The highest BCUT2D eigenvalue weighted by Gasteiger charge is 2.31. The molecule has 1 unspecified atom stereocenters. The van der Waals surface area contributed by atoms with Gasteiger partial charge in [-0.05, 0) is 25.3 Å². The van der Waals surface area contributed by atoms with Gasteiger partial charge in [0.05, 0.1) is 29.7 Å². The number of aliphatic imine (C=N–C) groups is 1. The molecular weight excluding hydrogens is 475 g/mol. The number of allylic oxidation sites excluding steroid dienone is 1. The number of aliphatic hydroxyl groups excluding tert-OH is 1. The summed E-state index contributed by atoms with van der Waals surface area (Å²) in [6.45, 7) is 2.01. The van der Waals surface area contributed by atoms with Crippen molar-refractivity contribution in [3.63, 3.8) is 0 Å². The average Bonchev–Trinajstić information content (AvgIpc) is 2.97. The van der Waals surface area contributed by atoms with Crippen LogP contribution >= 0.6 is 0 Å². The van der Waals surface area contributed by atoms with Crippen LogP contribution in [0, 0.1) is 0 Å². The Balaban J connectivity index is 2.09. The van der Waals surface area contributed by atoms with E-state index in [9.17, 15) is 31.9 Å². The van der Waals surface area contributed by atoms with Crippen LogP contribution in [-0.4, -0.2) is 62.3 Å². The zero-order valence-corrected chi connectivity index (χ0v) is 18.5. The predicted molar refractivity (Wildman–Crippen MR) is 119 cm³/mol. The number of pyridine rings is 1. The topological polar surface area (TPSA) is 95.6 Å². The Labute approximate surface area is 197 Å². The summed E-state index contributed by atoms with van der Waals surface area (Å²) in [5.41, 5.74) is -0.309. The molecule has 2 N–H and O–H groups in total. The summed E-state index contributed by atoms with van der Waals surface area (Å²) in [7, 11) is 0. The molecule has 0 saturated carbocycles. The molecule has 2 aromatic heterocycles. The summed E-state index contributed by atoms with van der Waals surface area (Å²) in [6.07, 6.45) is 0.574. The van der Waals surface area contributed by atoms with Crippen molar-refractivity contribution < 1.29 is 31.9 Å². The Morgan fingerprint density at radius 3 is 2.83 bits per heavy atom. The van der Waals surface area contributed by atoms with Gasteiger partial charge in [-0.3, -0.25) is 19.5 Å². The number of carbonyl (C=O) groups excluding carboxylic acids is 1. The molecule has 1 aliphatic heterocycles. The number of carbonyl (C=O) groups is 1. The number of alkyl halides is 3. The Kier molecular flexibility index (Phi) is 8.33. The van der Waals surface area contributed by atoms with Crippen LogP contribution in [0.2, 0.25) is 0 Å². The highest BCUT2D eigenvalue weighted by atomic mass is 19.4. The van der Waals surface area contributed by atoms with Gasteiger partial charge in [-0.25, -0.2) is 8.78 Å². The molecule has 0 aliphatic carbocycles. The van der Waals surface area contributed by atoms with E-state index in [1.807, 2.05) is 0 Å². The molecule has 1 saturated heterocycles. The van der Waals surface area contributed by atoms with Crippen molar-refractivity contribution in [1.29, 1.82) is 0 Å². The van der Waals surface area contributed by atoms with E-state index in [0.717, 1.165) is 25.0 Å². The van der Waals surface area contributed by atoms with Crippen LogP contribution in [-0.2, 0) is 6.54 Å². The maximum atomic E-state index is 13.3. The van der Waals surface area contributed by atoms with Gasteiger partial charge in [0.25, 0.3) is 5.91 Å². The number of hydrogen-bond acceptors (Lipinski definition) is 6. The van der Waals surface area contributed by atoms with E-state index < -0.39 is 30.6 Å². The second-order valence-corrected chi connectivity index (χ2v) is 7.81. The zero-order chi connectivity index (χ0) is 25.6. The Morgan fingerprint density at radius 2 is 2.14 bits per heavy atom. The van der Waals surface area contributed by atoms with Crippen molar-refractivity contribution in [2.24, 2.45) is 4.99 Å². The van der Waals surface area contributed by atoms with E-state index in [1.165, 1.54) is 17.2 Å². The van der Waals surface area contributed by atoms with Crippen LogP contribution in [0.25, 0.3) is 16.6 Å². The van der Waals surface area contributed by atoms with Crippen LogP contribution < -0.4 is 5.32 Å². The fourth-order valence-corrected chi connectivity index (χ4v) is 3.62. The smallest absolute Gasteiger partial charge is 0.391 e. The van der Waals surface area contributed by atoms with Crippen molar-refractivity contribution in [2.75, 3.05) is 13.1 Å². The van der Waals surface area contributed by atoms with Gasteiger partial charge in [-0.15, -0.1) is 0 Å². The summed E-state index contributed by atoms with van der Waals surface area (Å²) in [5.74, 6) is -1.41. The number of aromatic nitrogens is 3. The molecule has 1 fully saturated rings. The largest absolute Gasteiger partial charge is 0.408 e. The third-order valence-electron chi connectivity index (χ3n) is 5.09. The minimum atomic E-state index is -4.64. The van der Waals surface area contributed by atoms with Gasteiger partial charge < -0.3 is 15.3 Å². The fraction of sp³-hybridized carbons (Fsp3) is 0.364. The number of β-amino-alcohol motifs (C(OH)–C–C–N with tert-alkyl or cyclic N) is 1. The lowest BCUT2D eigenvalue weighted by atomic mass is 10.2. The van der Waals surface area contributed by atoms with Crippen molar-refractivity contribution in [1.82, 2.24) is 25.0 Å². The van der Waals surface area contributed by atoms with Gasteiger partial charge in [0, 0.05) is 30.9 Å². The lowest BCUT2D eigenvalue weighted by Crippen LogP contribution is -2.36. The normalized spacial score (nSPS) is 17.9. The predicted octanol–water partition coefficient (Wildman–Crippen LogP) is 3.86. The van der Waals surface area contributed by atoms with Gasteiger partial charge in [0.1, 0.15) is 30.1 Å². The minimum Gasteiger partial charge on any atom is -0.391 e. The van der Waals surface area contributed by atoms with Gasteiger partial charge in [-0.1, -0.05) is 6.58 Å². The molecule has 0 bridgehead atoms. The quantitative estimate of drug-likeness (QED) is 0.447. The number of nitrogens with zero attached hydrogens (tertiary/aromatic N) is 5. The number of nitrogens with one attached hydrogen (secondary N) is 1. The molecule has 1 amide bonds. The lowest BCUT2D eigenvalue weighted by Gasteiger charge is -2.21. The molecule has 0 spiro atoms. The number of aliphatic hydroxyl groups is 1. The van der Waals surface area contributed by atoms with Crippen molar-refractivity contribution >= 4 is 28.7 Å². The van der Waals surface area contributed by atoms with Gasteiger partial charge >= 0.3 is 6.18 Å². The summed E-state index contributed by atoms with van der Waals surface area (Å²) in [5, 5.41) is 16.6. The molecule has 35 heavy (non-hydrogen) atoms. The van der Waals surface area contributed by atoms with Crippen molar-refractivity contribution in [3.05, 3.63) is 54.8 Å². The summed E-state index contributed by atoms with van der Waals surface area (Å²) in [6, 6.07) is 1.19. The first-order valence-corrected chi connectivity index (χ1v) is 10.6. The SMILES string of the molecule is C=C(F)/C=N/C=C(\N/C=C/F)c1nn(CC(F)(F)F)c2cc(C(=O)N3CCCCC(O)C3)ncc12. The summed E-state index contributed by atoms with van der Waals surface area (Å²) < 4.78 is 66.0. The molecule has 13 heteroatoms. The highest BCUT2D eigenvalue weighted by Crippen LogP contribution is 2.27. The van der Waals surface area contributed by atoms with E-state index in [-0.39, 0.29) is 40.9 Å². The Hall–Kier alpha value is -3.61. The number of rotatable bonds is 7. The average molecular weight is 498 g/mol. The third kappa shape index (κ3) is 6.94. The second-order valence-electron chi connectivity index (χ2n) is 7.81. The van der Waals surface area contributed by atoms with Crippen LogP contribution in [0.5, 0.6) is 0 Å². The monoisotopic (exact) mass is 498 g/mol. The van der Waals surface area contributed by atoms with Crippen LogP contribution in [0.15, 0.2) is 48.4 Å². The number of halogens is 5. The third-order valence-corrected chi connectivity index (χ3v) is 5.09. The first-order chi connectivity index (χ1) is 16.6. The molecule has 8 nitrogen and oxygen atoms in total. The molecule has 188 valence electrons. The molecule has 3 heterocycles. The van der Waals surface area contributed by atoms with E-state index in [4.69, 9.17) is 0 Å².